The standard InChI is InChI=1S/C23H32N2O5/c1-16-20(17-12-8-6-9-13-17)29-19(26)15-11-7-10-14-18(21(27)25(16)5)24-22(28)30-23(2,3)4/h6-10,12-13,16,18,20H,11,14-15H2,1-5H3,(H,24,28)/b10-7+/t16-,18-,20+/m1/s1. The Labute approximate surface area is 178 Å². The molecule has 0 aromatic heterocycles. The maximum Gasteiger partial charge on any atom is 0.408 e. The number of alkyl carbamates (subject to hydrolysis) is 1. The van der Waals surface area contributed by atoms with Crippen LogP contribution < -0.4 is 5.32 Å². The lowest BCUT2D eigenvalue weighted by atomic mass is 10.0. The summed E-state index contributed by atoms with van der Waals surface area (Å²) < 4.78 is 11.1. The van der Waals surface area contributed by atoms with E-state index in [0.717, 1.165) is 5.56 Å². The van der Waals surface area contributed by atoms with Crippen LogP contribution in [0.15, 0.2) is 42.5 Å². The Bertz CT molecular complexity index is 770. The number of amides is 2. The number of benzene rings is 1. The molecular weight excluding hydrogens is 384 g/mol. The van der Waals surface area contributed by atoms with Crippen LogP contribution in [0.1, 0.15) is 58.6 Å². The smallest absolute Gasteiger partial charge is 0.408 e. The summed E-state index contributed by atoms with van der Waals surface area (Å²) in [7, 11) is 1.65. The monoisotopic (exact) mass is 416 g/mol. The summed E-state index contributed by atoms with van der Waals surface area (Å²) in [4.78, 5) is 39.3. The van der Waals surface area contributed by atoms with Gasteiger partial charge in [-0.3, -0.25) is 9.59 Å². The van der Waals surface area contributed by atoms with Gasteiger partial charge in [-0.25, -0.2) is 4.79 Å². The molecule has 0 aliphatic carbocycles. The number of carbonyl (C=O) groups excluding carboxylic acids is 3. The van der Waals surface area contributed by atoms with Gasteiger partial charge in [0.2, 0.25) is 5.91 Å². The molecule has 0 fully saturated rings. The third kappa shape index (κ3) is 6.90. The molecule has 0 spiro atoms. The highest BCUT2D eigenvalue weighted by molar-refractivity contribution is 5.86. The van der Waals surface area contributed by atoms with E-state index in [1.807, 2.05) is 43.3 Å². The van der Waals surface area contributed by atoms with Crippen molar-refractivity contribution >= 4 is 18.0 Å². The summed E-state index contributed by atoms with van der Waals surface area (Å²) in [6.45, 7) is 7.13. The van der Waals surface area contributed by atoms with Crippen LogP contribution in [0.4, 0.5) is 4.79 Å². The van der Waals surface area contributed by atoms with Gasteiger partial charge in [0.15, 0.2) is 0 Å². The van der Waals surface area contributed by atoms with Crippen LogP contribution in [-0.2, 0) is 19.1 Å². The first-order valence-electron chi connectivity index (χ1n) is 10.2. The lowest BCUT2D eigenvalue weighted by molar-refractivity contribution is -0.155. The normalized spacial score (nSPS) is 24.8. The summed E-state index contributed by atoms with van der Waals surface area (Å²) in [6, 6.07) is 8.13. The van der Waals surface area contributed by atoms with E-state index < -0.39 is 29.9 Å². The average molecular weight is 417 g/mol. The zero-order valence-electron chi connectivity index (χ0n) is 18.4. The molecule has 1 N–H and O–H groups in total. The number of rotatable bonds is 2. The highest BCUT2D eigenvalue weighted by Gasteiger charge is 2.33. The Morgan fingerprint density at radius 1 is 1.17 bits per heavy atom. The van der Waals surface area contributed by atoms with Crippen molar-refractivity contribution < 1.29 is 23.9 Å². The Morgan fingerprint density at radius 2 is 1.83 bits per heavy atom. The van der Waals surface area contributed by atoms with Gasteiger partial charge in [-0.2, -0.15) is 0 Å². The SMILES string of the molecule is C[C@@H]1[C@@H](c2ccccc2)OC(=O)CC/C=C/C[C@@H](NC(=O)OC(C)(C)C)C(=O)N1C. The number of nitrogens with one attached hydrogen (secondary N) is 1. The van der Waals surface area contributed by atoms with Crippen LogP contribution in [-0.4, -0.2) is 47.6 Å². The van der Waals surface area contributed by atoms with Crippen molar-refractivity contribution in [3.63, 3.8) is 0 Å². The quantitative estimate of drug-likeness (QED) is 0.586. The minimum Gasteiger partial charge on any atom is -0.455 e. The van der Waals surface area contributed by atoms with Gasteiger partial charge in [-0.05, 0) is 46.1 Å². The molecule has 2 amide bonds. The molecule has 7 heteroatoms. The summed E-state index contributed by atoms with van der Waals surface area (Å²) in [6.07, 6.45) is 3.40. The van der Waals surface area contributed by atoms with E-state index in [4.69, 9.17) is 9.47 Å². The molecule has 1 heterocycles. The second-order valence-corrected chi connectivity index (χ2v) is 8.46. The number of carbonyl (C=O) groups is 3. The summed E-state index contributed by atoms with van der Waals surface area (Å²) >= 11 is 0. The highest BCUT2D eigenvalue weighted by atomic mass is 16.6. The fraction of sp³-hybridized carbons (Fsp3) is 0.522. The fourth-order valence-corrected chi connectivity index (χ4v) is 3.16. The van der Waals surface area contributed by atoms with E-state index in [1.165, 1.54) is 4.90 Å². The van der Waals surface area contributed by atoms with Gasteiger partial charge < -0.3 is 19.7 Å². The molecule has 1 aliphatic heterocycles. The lowest BCUT2D eigenvalue weighted by Crippen LogP contribution is -2.52. The third-order valence-corrected chi connectivity index (χ3v) is 4.83. The first kappa shape index (κ1) is 23.4. The number of nitrogens with zero attached hydrogens (tertiary/aromatic N) is 1. The molecule has 0 radical (unpaired) electrons. The van der Waals surface area contributed by atoms with Gasteiger partial charge in [0, 0.05) is 13.5 Å². The van der Waals surface area contributed by atoms with Crippen LogP contribution in [0.2, 0.25) is 0 Å². The second kappa shape index (κ2) is 10.3. The van der Waals surface area contributed by atoms with Crippen LogP contribution in [0.3, 0.4) is 0 Å². The van der Waals surface area contributed by atoms with E-state index in [9.17, 15) is 14.4 Å². The van der Waals surface area contributed by atoms with Crippen LogP contribution in [0, 0.1) is 0 Å². The van der Waals surface area contributed by atoms with E-state index >= 15 is 0 Å². The number of esters is 1. The van der Waals surface area contributed by atoms with E-state index in [1.54, 1.807) is 33.9 Å². The van der Waals surface area contributed by atoms with Crippen molar-refractivity contribution in [1.82, 2.24) is 10.2 Å². The molecule has 2 rings (SSSR count). The molecule has 30 heavy (non-hydrogen) atoms. The fourth-order valence-electron chi connectivity index (χ4n) is 3.16. The number of hydrogen-bond donors (Lipinski definition) is 1. The lowest BCUT2D eigenvalue weighted by Gasteiger charge is -2.34. The van der Waals surface area contributed by atoms with Crippen molar-refractivity contribution in [2.75, 3.05) is 7.05 Å². The van der Waals surface area contributed by atoms with Crippen molar-refractivity contribution in [3.05, 3.63) is 48.0 Å². The van der Waals surface area contributed by atoms with Gasteiger partial charge in [0.05, 0.1) is 6.04 Å². The average Bonchev–Trinajstić information content (AvgIpc) is 2.68. The second-order valence-electron chi connectivity index (χ2n) is 8.46. The zero-order chi connectivity index (χ0) is 22.3. The molecular formula is C23H32N2O5. The minimum absolute atomic E-state index is 0.244. The summed E-state index contributed by atoms with van der Waals surface area (Å²) in [5, 5.41) is 2.68. The number of cyclic esters (lactones) is 1. The molecule has 164 valence electrons. The number of likely N-dealkylation sites (N-methyl/N-ethyl adjacent to an activating group) is 1. The first-order valence-corrected chi connectivity index (χ1v) is 10.2. The molecule has 0 bridgehead atoms. The minimum atomic E-state index is -0.782. The number of ether oxygens (including phenoxy) is 2. The largest absolute Gasteiger partial charge is 0.455 e. The highest BCUT2D eigenvalue weighted by Crippen LogP contribution is 2.26. The Kier molecular flexibility index (Phi) is 8.03. The maximum atomic E-state index is 13.2. The van der Waals surface area contributed by atoms with E-state index in [-0.39, 0.29) is 18.3 Å². The van der Waals surface area contributed by atoms with Crippen LogP contribution in [0.5, 0.6) is 0 Å². The Hall–Kier alpha value is -2.83. The van der Waals surface area contributed by atoms with Crippen molar-refractivity contribution in [1.29, 1.82) is 0 Å². The molecule has 1 aromatic carbocycles. The van der Waals surface area contributed by atoms with E-state index in [2.05, 4.69) is 5.32 Å². The zero-order valence-corrected chi connectivity index (χ0v) is 18.4. The van der Waals surface area contributed by atoms with Gasteiger partial charge in [0.1, 0.15) is 17.7 Å². The number of hydrogen-bond acceptors (Lipinski definition) is 5. The van der Waals surface area contributed by atoms with Crippen molar-refractivity contribution in [2.45, 2.75) is 70.7 Å². The number of allylic oxidation sites excluding steroid dienone is 1. The van der Waals surface area contributed by atoms with Gasteiger partial charge in [0.25, 0.3) is 0 Å². The predicted molar refractivity (Wildman–Crippen MR) is 114 cm³/mol. The molecule has 0 saturated carbocycles. The molecule has 0 unspecified atom stereocenters. The van der Waals surface area contributed by atoms with Crippen LogP contribution >= 0.6 is 0 Å². The van der Waals surface area contributed by atoms with Crippen molar-refractivity contribution in [2.24, 2.45) is 0 Å². The third-order valence-electron chi connectivity index (χ3n) is 4.83. The summed E-state index contributed by atoms with van der Waals surface area (Å²) in [5.41, 5.74) is 0.141. The van der Waals surface area contributed by atoms with Gasteiger partial charge in [-0.15, -0.1) is 0 Å². The summed E-state index contributed by atoms with van der Waals surface area (Å²) in [5.74, 6) is -0.597. The Morgan fingerprint density at radius 3 is 2.47 bits per heavy atom. The predicted octanol–water partition coefficient (Wildman–Crippen LogP) is 3.75. The van der Waals surface area contributed by atoms with Gasteiger partial charge >= 0.3 is 12.1 Å². The van der Waals surface area contributed by atoms with Crippen molar-refractivity contribution in [3.8, 4) is 0 Å². The molecule has 1 aromatic rings. The topological polar surface area (TPSA) is 84.9 Å². The molecule has 3 atom stereocenters. The van der Waals surface area contributed by atoms with Crippen LogP contribution in [0.25, 0.3) is 0 Å². The molecule has 7 nitrogen and oxygen atoms in total. The Balaban J connectivity index is 2.28. The van der Waals surface area contributed by atoms with Gasteiger partial charge in [-0.1, -0.05) is 42.5 Å². The first-order chi connectivity index (χ1) is 14.1. The molecule has 0 saturated heterocycles. The molecule has 1 aliphatic rings. The maximum absolute atomic E-state index is 13.2. The van der Waals surface area contributed by atoms with E-state index in [0.29, 0.717) is 12.8 Å².